The molecule has 2 aliphatic rings. The number of anilines is 1. The minimum Gasteiger partial charge on any atom is -0.454 e. The van der Waals surface area contributed by atoms with Crippen LogP contribution in [0.15, 0.2) is 42.1 Å². The molecule has 2 aromatic carbocycles. The van der Waals surface area contributed by atoms with Crippen molar-refractivity contribution in [2.75, 3.05) is 18.7 Å². The fourth-order valence-electron chi connectivity index (χ4n) is 3.16. The van der Waals surface area contributed by atoms with Crippen molar-refractivity contribution < 1.29 is 28.8 Å². The number of hydrogen-bond donors (Lipinski definition) is 2. The van der Waals surface area contributed by atoms with E-state index >= 15 is 0 Å². The number of nitrogens with one attached hydrogen (secondary N) is 2. The largest absolute Gasteiger partial charge is 0.454 e. The maximum absolute atomic E-state index is 12.6. The summed E-state index contributed by atoms with van der Waals surface area (Å²) in [6.45, 7) is 1.27. The first-order chi connectivity index (χ1) is 14.8. The van der Waals surface area contributed by atoms with Crippen LogP contribution in [-0.2, 0) is 9.59 Å². The molecular formula is C20H16N4O7. The molecule has 1 saturated heterocycles. The molecule has 0 spiro atoms. The average molecular weight is 424 g/mol. The summed E-state index contributed by atoms with van der Waals surface area (Å²) in [7, 11) is 0. The summed E-state index contributed by atoms with van der Waals surface area (Å²) >= 11 is 0. The summed E-state index contributed by atoms with van der Waals surface area (Å²) in [5, 5.41) is 16.3. The van der Waals surface area contributed by atoms with Gasteiger partial charge in [-0.3, -0.25) is 19.7 Å². The quantitative estimate of drug-likeness (QED) is 0.324. The van der Waals surface area contributed by atoms with Gasteiger partial charge >= 0.3 is 6.03 Å². The van der Waals surface area contributed by atoms with Crippen LogP contribution in [0.1, 0.15) is 11.1 Å². The van der Waals surface area contributed by atoms with E-state index in [4.69, 9.17) is 9.47 Å². The average Bonchev–Trinajstić information content (AvgIpc) is 3.26. The van der Waals surface area contributed by atoms with Gasteiger partial charge in [-0.1, -0.05) is 12.1 Å². The second kappa shape index (κ2) is 7.78. The molecule has 1 fully saturated rings. The molecule has 4 amide bonds. The lowest BCUT2D eigenvalue weighted by atomic mass is 10.1. The number of imide groups is 1. The number of nitro groups is 1. The zero-order valence-electron chi connectivity index (χ0n) is 16.2. The molecule has 11 nitrogen and oxygen atoms in total. The van der Waals surface area contributed by atoms with Crippen LogP contribution in [0, 0.1) is 17.0 Å². The van der Waals surface area contributed by atoms with Crippen LogP contribution in [0.25, 0.3) is 6.08 Å². The maximum Gasteiger partial charge on any atom is 0.329 e. The molecule has 11 heteroatoms. The number of rotatable bonds is 5. The van der Waals surface area contributed by atoms with Crippen LogP contribution in [0.4, 0.5) is 16.2 Å². The van der Waals surface area contributed by atoms with Gasteiger partial charge in [-0.25, -0.2) is 9.69 Å². The Balaban J connectivity index is 1.54. The zero-order chi connectivity index (χ0) is 22.1. The molecule has 2 aromatic rings. The molecule has 0 atom stereocenters. The van der Waals surface area contributed by atoms with Gasteiger partial charge in [0, 0.05) is 5.69 Å². The van der Waals surface area contributed by atoms with Gasteiger partial charge in [-0.05, 0) is 36.8 Å². The summed E-state index contributed by atoms with van der Waals surface area (Å²) < 4.78 is 10.3. The van der Waals surface area contributed by atoms with Gasteiger partial charge in [0.1, 0.15) is 12.2 Å². The first kappa shape index (κ1) is 19.9. The van der Waals surface area contributed by atoms with Gasteiger partial charge in [0.25, 0.3) is 11.6 Å². The molecule has 0 unspecified atom stereocenters. The molecule has 2 aliphatic heterocycles. The highest BCUT2D eigenvalue weighted by molar-refractivity contribution is 6.16. The van der Waals surface area contributed by atoms with E-state index in [9.17, 15) is 24.5 Å². The lowest BCUT2D eigenvalue weighted by molar-refractivity contribution is -0.385. The van der Waals surface area contributed by atoms with Crippen LogP contribution in [0.2, 0.25) is 0 Å². The Bertz CT molecular complexity index is 1160. The molecule has 0 aliphatic carbocycles. The van der Waals surface area contributed by atoms with Gasteiger partial charge in [-0.15, -0.1) is 0 Å². The molecule has 0 bridgehead atoms. The molecule has 2 heterocycles. The Morgan fingerprint density at radius 3 is 2.71 bits per heavy atom. The van der Waals surface area contributed by atoms with Gasteiger partial charge in [0.15, 0.2) is 11.5 Å². The van der Waals surface area contributed by atoms with E-state index in [0.29, 0.717) is 5.69 Å². The number of amides is 4. The maximum atomic E-state index is 12.6. The first-order valence-corrected chi connectivity index (χ1v) is 9.11. The monoisotopic (exact) mass is 424 g/mol. The van der Waals surface area contributed by atoms with E-state index in [2.05, 4.69) is 10.6 Å². The highest BCUT2D eigenvalue weighted by atomic mass is 16.7. The van der Waals surface area contributed by atoms with E-state index in [1.54, 1.807) is 18.2 Å². The van der Waals surface area contributed by atoms with Crippen molar-refractivity contribution in [1.29, 1.82) is 0 Å². The van der Waals surface area contributed by atoms with Crippen molar-refractivity contribution in [3.8, 4) is 11.5 Å². The number of nitrogens with zero attached hydrogens (tertiary/aromatic N) is 2. The van der Waals surface area contributed by atoms with Crippen LogP contribution in [0.3, 0.4) is 0 Å². The van der Waals surface area contributed by atoms with E-state index in [1.165, 1.54) is 18.2 Å². The Kier molecular flexibility index (Phi) is 4.99. The summed E-state index contributed by atoms with van der Waals surface area (Å²) in [6.07, 6.45) is 1.17. The van der Waals surface area contributed by atoms with Crippen molar-refractivity contribution in [2.24, 2.45) is 0 Å². The topological polar surface area (TPSA) is 140 Å². The summed E-state index contributed by atoms with van der Waals surface area (Å²) in [5.41, 5.74) is 0.987. The first-order valence-electron chi connectivity index (χ1n) is 9.11. The number of benzene rings is 2. The number of hydrogen-bond acceptors (Lipinski definition) is 7. The zero-order valence-corrected chi connectivity index (χ0v) is 16.2. The molecule has 0 radical (unpaired) electrons. The Hall–Kier alpha value is -4.41. The number of nitro benzene ring substituents is 1. The minimum atomic E-state index is -0.806. The highest BCUT2D eigenvalue weighted by Crippen LogP contribution is 2.38. The van der Waals surface area contributed by atoms with E-state index in [-0.39, 0.29) is 35.2 Å². The van der Waals surface area contributed by atoms with E-state index in [0.717, 1.165) is 10.5 Å². The summed E-state index contributed by atoms with van der Waals surface area (Å²) in [6, 6.07) is 8.77. The highest BCUT2D eigenvalue weighted by Gasteiger charge is 2.35. The minimum absolute atomic E-state index is 0.0453. The third kappa shape index (κ3) is 4.01. The molecule has 158 valence electrons. The van der Waals surface area contributed by atoms with E-state index < -0.39 is 29.3 Å². The van der Waals surface area contributed by atoms with Gasteiger partial charge in [0.05, 0.1) is 16.6 Å². The molecule has 4 rings (SSSR count). The van der Waals surface area contributed by atoms with Crippen molar-refractivity contribution in [1.82, 2.24) is 10.2 Å². The van der Waals surface area contributed by atoms with Crippen molar-refractivity contribution in [2.45, 2.75) is 6.92 Å². The van der Waals surface area contributed by atoms with E-state index in [1.807, 2.05) is 13.0 Å². The van der Waals surface area contributed by atoms with Crippen molar-refractivity contribution in [3.05, 3.63) is 63.3 Å². The Morgan fingerprint density at radius 1 is 1.26 bits per heavy atom. The molecule has 0 saturated carbocycles. The predicted molar refractivity (Wildman–Crippen MR) is 107 cm³/mol. The molecule has 31 heavy (non-hydrogen) atoms. The smallest absolute Gasteiger partial charge is 0.329 e. The third-order valence-corrected chi connectivity index (χ3v) is 4.58. The number of fused-ring (bicyclic) bond motifs is 1. The standard InChI is InChI=1S/C20H16N4O7/c1-11-3-2-4-13(5-11)21-18(25)9-23-19(26)14(22-20(23)27)6-12-7-16-17(31-10-30-16)8-15(12)24(28)29/h2-8H,9-10H2,1H3,(H,21,25)(H,22,27)/b14-6-. The fraction of sp³-hybridized carbons (Fsp3) is 0.150. The summed E-state index contributed by atoms with van der Waals surface area (Å²) in [4.78, 5) is 48.6. The molecular weight excluding hydrogens is 408 g/mol. The van der Waals surface area contributed by atoms with Crippen LogP contribution in [0.5, 0.6) is 11.5 Å². The Labute approximate surface area is 175 Å². The number of carbonyl (C=O) groups excluding carboxylic acids is 3. The molecule has 2 N–H and O–H groups in total. The number of ether oxygens (including phenoxy) is 2. The van der Waals surface area contributed by atoms with Gasteiger partial charge in [-0.2, -0.15) is 0 Å². The normalized spacial score (nSPS) is 15.9. The van der Waals surface area contributed by atoms with Crippen LogP contribution >= 0.6 is 0 Å². The van der Waals surface area contributed by atoms with Crippen molar-refractivity contribution in [3.63, 3.8) is 0 Å². The third-order valence-electron chi connectivity index (χ3n) is 4.58. The van der Waals surface area contributed by atoms with Gasteiger partial charge in [0.2, 0.25) is 12.7 Å². The SMILES string of the molecule is Cc1cccc(NC(=O)CN2C(=O)N/C(=C\c3cc4c(cc3[N+](=O)[O-])OCO4)C2=O)c1. The second-order valence-electron chi connectivity index (χ2n) is 6.82. The van der Waals surface area contributed by atoms with Crippen LogP contribution in [-0.4, -0.2) is 41.0 Å². The van der Waals surface area contributed by atoms with Gasteiger partial charge < -0.3 is 20.1 Å². The lowest BCUT2D eigenvalue weighted by Crippen LogP contribution is -2.38. The number of carbonyl (C=O) groups is 3. The lowest BCUT2D eigenvalue weighted by Gasteiger charge is -2.12. The predicted octanol–water partition coefficient (Wildman–Crippen LogP) is 2.16. The van der Waals surface area contributed by atoms with Crippen molar-refractivity contribution >= 4 is 35.3 Å². The second-order valence-corrected chi connectivity index (χ2v) is 6.82. The van der Waals surface area contributed by atoms with Crippen LogP contribution < -0.4 is 20.1 Å². The fourth-order valence-corrected chi connectivity index (χ4v) is 3.16. The molecule has 0 aromatic heterocycles. The number of urea groups is 1. The number of aryl methyl sites for hydroxylation is 1. The Morgan fingerprint density at radius 2 is 2.00 bits per heavy atom. The summed E-state index contributed by atoms with van der Waals surface area (Å²) in [5.74, 6) is -0.852.